The molecule has 1 unspecified atom stereocenters. The molecule has 0 aromatic heterocycles. The van der Waals surface area contributed by atoms with E-state index in [1.165, 1.54) is 4.90 Å². The van der Waals surface area contributed by atoms with E-state index in [0.29, 0.717) is 10.7 Å². The molecule has 3 aliphatic rings. The Labute approximate surface area is 266 Å². The highest BCUT2D eigenvalue weighted by molar-refractivity contribution is 6.34. The molecule has 2 N–H and O–H groups in total. The van der Waals surface area contributed by atoms with Crippen molar-refractivity contribution in [1.29, 1.82) is 0 Å². The zero-order valence-corrected chi connectivity index (χ0v) is 28.0. The summed E-state index contributed by atoms with van der Waals surface area (Å²) >= 11 is 6.76. The number of esters is 1. The molecule has 2 fully saturated rings. The highest BCUT2D eigenvalue weighted by atomic mass is 35.5. The molecule has 8 atom stereocenters. The molecule has 4 bridgehead atoms. The molecule has 1 amide bonds. The standard InChI is InChI=1S/C34H47ClN2O7/c1-18(2)32(39)43-28-16-29(38)37(9)25-15-24(14-20(4)30(25)35)21(5)19(3)12-11-13-27(41-10)34(40)17-26(42-23(7)36-34)22(6)31-33(28,8)44-31/h11-15,18,21-22,26-28,31,36,40H,7,16-17H2,1-6,8-10H3/b13-11+,19-12+/t21?,22-,26+,27-,28+,31+,33+,34+/m1/s1. The van der Waals surface area contributed by atoms with E-state index in [2.05, 4.69) is 18.8 Å². The number of epoxide rings is 1. The van der Waals surface area contributed by atoms with Crippen LogP contribution in [0.1, 0.15) is 71.4 Å². The number of aliphatic hydroxyl groups is 1. The number of ether oxygens (including phenoxy) is 4. The number of anilines is 1. The summed E-state index contributed by atoms with van der Waals surface area (Å²) in [7, 11) is 3.23. The molecular weight excluding hydrogens is 584 g/mol. The summed E-state index contributed by atoms with van der Waals surface area (Å²) in [5.41, 5.74) is 0.996. The van der Waals surface area contributed by atoms with Crippen molar-refractivity contribution in [2.75, 3.05) is 19.1 Å². The van der Waals surface area contributed by atoms with Gasteiger partial charge in [-0.3, -0.25) is 9.59 Å². The lowest BCUT2D eigenvalue weighted by atomic mass is 9.83. The first-order valence-corrected chi connectivity index (χ1v) is 15.6. The van der Waals surface area contributed by atoms with Crippen LogP contribution in [0.4, 0.5) is 5.69 Å². The van der Waals surface area contributed by atoms with Crippen LogP contribution in [0.25, 0.3) is 0 Å². The smallest absolute Gasteiger partial charge is 0.308 e. The van der Waals surface area contributed by atoms with Crippen molar-refractivity contribution >= 4 is 29.2 Å². The third-order valence-electron chi connectivity index (χ3n) is 9.39. The van der Waals surface area contributed by atoms with E-state index in [-0.39, 0.29) is 36.5 Å². The van der Waals surface area contributed by atoms with Gasteiger partial charge in [-0.2, -0.15) is 0 Å². The van der Waals surface area contributed by atoms with E-state index in [1.54, 1.807) is 28.0 Å². The van der Waals surface area contributed by atoms with Crippen LogP contribution in [0.15, 0.2) is 48.4 Å². The fourth-order valence-corrected chi connectivity index (χ4v) is 6.38. The van der Waals surface area contributed by atoms with Crippen molar-refractivity contribution < 1.29 is 33.6 Å². The van der Waals surface area contributed by atoms with Crippen LogP contribution in [-0.4, -0.2) is 66.9 Å². The van der Waals surface area contributed by atoms with Gasteiger partial charge >= 0.3 is 5.97 Å². The number of hydrogen-bond acceptors (Lipinski definition) is 8. The van der Waals surface area contributed by atoms with Crippen LogP contribution >= 0.6 is 11.6 Å². The average molecular weight is 631 g/mol. The number of nitrogens with one attached hydrogen (secondary N) is 1. The van der Waals surface area contributed by atoms with Gasteiger partial charge in [-0.25, -0.2) is 0 Å². The molecule has 0 aliphatic carbocycles. The molecule has 4 rings (SSSR count). The maximum atomic E-state index is 13.9. The topological polar surface area (TPSA) is 110 Å². The highest BCUT2D eigenvalue weighted by Gasteiger charge is 2.64. The van der Waals surface area contributed by atoms with Gasteiger partial charge in [0.2, 0.25) is 5.91 Å². The normalized spacial score (nSPS) is 36.5. The SMILES string of the molecule is C=C1N[C@]2(O)C[C@H](O1)[C@@H](C)[C@@H]1O[C@@]1(C)[C@@H](OC(=O)C(C)C)CC(=O)N(C)c1cc(cc(C)c1Cl)C(C)/C(C)=C/C=C/[C@H]2OC. The van der Waals surface area contributed by atoms with Crippen LogP contribution in [0, 0.1) is 18.8 Å². The van der Waals surface area contributed by atoms with Gasteiger partial charge in [-0.15, -0.1) is 0 Å². The summed E-state index contributed by atoms with van der Waals surface area (Å²) in [6.07, 6.45) is 3.21. The Morgan fingerprint density at radius 1 is 1.27 bits per heavy atom. The van der Waals surface area contributed by atoms with Gasteiger partial charge in [0.15, 0.2) is 11.6 Å². The Morgan fingerprint density at radius 3 is 2.59 bits per heavy atom. The third kappa shape index (κ3) is 6.71. The first kappa shape index (κ1) is 34.0. The summed E-state index contributed by atoms with van der Waals surface area (Å²) < 4.78 is 24.0. The summed E-state index contributed by atoms with van der Waals surface area (Å²) in [6.45, 7) is 17.3. The van der Waals surface area contributed by atoms with Crippen LogP contribution in [-0.2, 0) is 28.5 Å². The molecule has 3 aliphatic heterocycles. The van der Waals surface area contributed by atoms with Gasteiger partial charge in [0, 0.05) is 32.4 Å². The number of halogens is 1. The minimum Gasteiger partial charge on any atom is -0.476 e. The second kappa shape index (κ2) is 12.9. The predicted molar refractivity (Wildman–Crippen MR) is 170 cm³/mol. The minimum absolute atomic E-state index is 0.00507. The molecule has 3 heterocycles. The van der Waals surface area contributed by atoms with E-state index in [0.717, 1.165) is 16.7 Å². The van der Waals surface area contributed by atoms with Crippen LogP contribution in [0.3, 0.4) is 0 Å². The summed E-state index contributed by atoms with van der Waals surface area (Å²) in [5.74, 6) is -1.14. The van der Waals surface area contributed by atoms with E-state index in [4.69, 9.17) is 30.5 Å². The lowest BCUT2D eigenvalue weighted by Gasteiger charge is -2.44. The Balaban J connectivity index is 1.81. The fraction of sp³-hybridized carbons (Fsp3) is 0.588. The molecule has 1 aromatic rings. The van der Waals surface area contributed by atoms with Crippen molar-refractivity contribution in [3.63, 3.8) is 0 Å². The molecule has 0 radical (unpaired) electrons. The highest BCUT2D eigenvalue weighted by Crippen LogP contribution is 2.49. The van der Waals surface area contributed by atoms with E-state index < -0.39 is 47.6 Å². The van der Waals surface area contributed by atoms with Crippen molar-refractivity contribution in [2.45, 2.75) is 103 Å². The van der Waals surface area contributed by atoms with Crippen molar-refractivity contribution in [2.24, 2.45) is 11.8 Å². The zero-order chi connectivity index (χ0) is 32.7. The number of hydrogen-bond donors (Lipinski definition) is 2. The summed E-state index contributed by atoms with van der Waals surface area (Å²) in [4.78, 5) is 28.2. The van der Waals surface area contributed by atoms with Crippen LogP contribution in [0.2, 0.25) is 5.02 Å². The second-order valence-electron chi connectivity index (χ2n) is 13.0. The molecule has 0 saturated carbocycles. The molecule has 242 valence electrons. The number of rotatable bonds is 3. The fourth-order valence-electron chi connectivity index (χ4n) is 6.14. The van der Waals surface area contributed by atoms with Crippen LogP contribution < -0.4 is 10.2 Å². The predicted octanol–water partition coefficient (Wildman–Crippen LogP) is 5.54. The lowest BCUT2D eigenvalue weighted by molar-refractivity contribution is -0.159. The molecule has 44 heavy (non-hydrogen) atoms. The molecule has 1 aromatic carbocycles. The number of methoxy groups -OCH3 is 1. The van der Waals surface area contributed by atoms with E-state index >= 15 is 0 Å². The third-order valence-corrected chi connectivity index (χ3v) is 9.88. The number of benzene rings is 1. The number of allylic oxidation sites excluding steroid dienone is 3. The lowest BCUT2D eigenvalue weighted by Crippen LogP contribution is -2.60. The molecule has 10 heteroatoms. The van der Waals surface area contributed by atoms with Crippen LogP contribution in [0.5, 0.6) is 0 Å². The Bertz CT molecular complexity index is 1360. The van der Waals surface area contributed by atoms with Gasteiger partial charge in [0.05, 0.1) is 29.2 Å². The number of carbonyl (C=O) groups is 2. The molecular formula is C34H47ClN2O7. The maximum Gasteiger partial charge on any atom is 0.308 e. The van der Waals surface area contributed by atoms with Gasteiger partial charge in [0.1, 0.15) is 23.9 Å². The monoisotopic (exact) mass is 630 g/mol. The van der Waals surface area contributed by atoms with E-state index in [9.17, 15) is 14.7 Å². The number of amides is 1. The van der Waals surface area contributed by atoms with Crippen molar-refractivity contribution in [1.82, 2.24) is 5.32 Å². The first-order valence-electron chi connectivity index (χ1n) is 15.2. The minimum atomic E-state index is -1.51. The Morgan fingerprint density at radius 2 is 1.95 bits per heavy atom. The quantitative estimate of drug-likeness (QED) is 0.331. The summed E-state index contributed by atoms with van der Waals surface area (Å²) in [6, 6.07) is 3.95. The number of fused-ring (bicyclic) bond motifs is 5. The van der Waals surface area contributed by atoms with Crippen molar-refractivity contribution in [3.8, 4) is 0 Å². The zero-order valence-electron chi connectivity index (χ0n) is 27.3. The first-order chi connectivity index (χ1) is 20.5. The maximum absolute atomic E-state index is 13.9. The Kier molecular flexibility index (Phi) is 9.95. The average Bonchev–Trinajstić information content (AvgIpc) is 3.66. The molecule has 0 spiro atoms. The van der Waals surface area contributed by atoms with E-state index in [1.807, 2.05) is 58.1 Å². The molecule has 2 saturated heterocycles. The largest absolute Gasteiger partial charge is 0.476 e. The van der Waals surface area contributed by atoms with Gasteiger partial charge in [-0.05, 0) is 44.5 Å². The number of carbonyl (C=O) groups excluding carboxylic acids is 2. The summed E-state index contributed by atoms with van der Waals surface area (Å²) in [5, 5.41) is 15.2. The van der Waals surface area contributed by atoms with Gasteiger partial charge in [0.25, 0.3) is 0 Å². The Hall–Kier alpha value is -2.85. The van der Waals surface area contributed by atoms with Gasteiger partial charge < -0.3 is 34.3 Å². The van der Waals surface area contributed by atoms with Crippen molar-refractivity contribution in [3.05, 3.63) is 64.5 Å². The number of aryl methyl sites for hydroxylation is 1. The second-order valence-corrected chi connectivity index (χ2v) is 13.4. The van der Waals surface area contributed by atoms with Gasteiger partial charge in [-0.1, -0.05) is 69.2 Å². The molecule has 9 nitrogen and oxygen atoms in total. The number of nitrogens with zero attached hydrogens (tertiary/aromatic N) is 1.